The molecule has 5 nitrogen and oxygen atoms in total. The van der Waals surface area contributed by atoms with Crippen LogP contribution in [0.4, 0.5) is 0 Å². The molecule has 0 spiro atoms. The van der Waals surface area contributed by atoms with E-state index in [1.807, 2.05) is 0 Å². The van der Waals surface area contributed by atoms with Crippen molar-refractivity contribution in [2.24, 2.45) is 0 Å². The Labute approximate surface area is 85.8 Å². The highest BCUT2D eigenvalue weighted by atomic mass is 16.4. The van der Waals surface area contributed by atoms with E-state index in [4.69, 9.17) is 5.11 Å². The summed E-state index contributed by atoms with van der Waals surface area (Å²) in [5.41, 5.74) is -0.282. The summed E-state index contributed by atoms with van der Waals surface area (Å²) in [6.45, 7) is 5.12. The van der Waals surface area contributed by atoms with E-state index in [0.29, 0.717) is 11.4 Å². The number of aryl methyl sites for hydroxylation is 1. The number of carboxylic acids is 1. The predicted octanol–water partition coefficient (Wildman–Crippen LogP) is 0.976. The number of aromatic nitrogens is 2. The van der Waals surface area contributed by atoms with Crippen LogP contribution < -0.4 is 5.56 Å². The highest BCUT2D eigenvalue weighted by Gasteiger charge is 2.12. The Bertz CT molecular complexity index is 486. The quantitative estimate of drug-likeness (QED) is 0.722. The van der Waals surface area contributed by atoms with Crippen molar-refractivity contribution in [1.82, 2.24) is 9.97 Å². The molecule has 0 atom stereocenters. The van der Waals surface area contributed by atoms with Crippen LogP contribution in [0.1, 0.15) is 21.9 Å². The minimum atomic E-state index is -1.34. The van der Waals surface area contributed by atoms with Crippen LogP contribution in [0.15, 0.2) is 23.5 Å². The minimum absolute atomic E-state index is 0.409. The number of aromatic amines is 1. The van der Waals surface area contributed by atoms with Gasteiger partial charge in [-0.3, -0.25) is 4.79 Å². The summed E-state index contributed by atoms with van der Waals surface area (Å²) in [6.07, 6.45) is 4.72. The number of hydrogen-bond acceptors (Lipinski definition) is 3. The molecule has 1 aromatic heterocycles. The van der Waals surface area contributed by atoms with E-state index < -0.39 is 17.2 Å². The Morgan fingerprint density at radius 2 is 2.27 bits per heavy atom. The molecular formula is C10H10N2O3. The van der Waals surface area contributed by atoms with Crippen LogP contribution in [0.25, 0.3) is 6.08 Å². The van der Waals surface area contributed by atoms with Gasteiger partial charge < -0.3 is 10.1 Å². The van der Waals surface area contributed by atoms with Crippen LogP contribution in [0.2, 0.25) is 0 Å². The molecule has 0 unspecified atom stereocenters. The van der Waals surface area contributed by atoms with E-state index in [2.05, 4.69) is 16.5 Å². The lowest BCUT2D eigenvalue weighted by molar-refractivity contribution is 0.0688. The van der Waals surface area contributed by atoms with Crippen LogP contribution in [-0.2, 0) is 0 Å². The molecule has 0 amide bonds. The topological polar surface area (TPSA) is 83.0 Å². The van der Waals surface area contributed by atoms with Gasteiger partial charge in [0.2, 0.25) is 5.69 Å². The normalized spacial score (nSPS) is 10.5. The van der Waals surface area contributed by atoms with Gasteiger partial charge in [0, 0.05) is 5.69 Å². The molecule has 0 aliphatic heterocycles. The van der Waals surface area contributed by atoms with Gasteiger partial charge in [0.25, 0.3) is 5.56 Å². The third kappa shape index (κ3) is 2.40. The largest absolute Gasteiger partial charge is 0.476 e. The summed E-state index contributed by atoms with van der Waals surface area (Å²) in [6, 6.07) is 0. The first-order chi connectivity index (χ1) is 7.06. The Kier molecular flexibility index (Phi) is 3.17. The van der Waals surface area contributed by atoms with Crippen molar-refractivity contribution in [2.75, 3.05) is 0 Å². The number of carbonyl (C=O) groups is 1. The summed E-state index contributed by atoms with van der Waals surface area (Å²) < 4.78 is 0. The number of aromatic carboxylic acids is 1. The lowest BCUT2D eigenvalue weighted by atomic mass is 10.3. The first kappa shape index (κ1) is 10.9. The number of rotatable bonds is 3. The highest BCUT2D eigenvalue weighted by molar-refractivity contribution is 5.85. The van der Waals surface area contributed by atoms with Gasteiger partial charge in [0.15, 0.2) is 0 Å². The van der Waals surface area contributed by atoms with Gasteiger partial charge >= 0.3 is 5.97 Å². The molecule has 78 valence electrons. The average Bonchev–Trinajstić information content (AvgIpc) is 2.16. The number of hydrogen-bond donors (Lipinski definition) is 2. The van der Waals surface area contributed by atoms with E-state index in [1.54, 1.807) is 19.1 Å². The third-order valence-corrected chi connectivity index (χ3v) is 1.73. The third-order valence-electron chi connectivity index (χ3n) is 1.73. The van der Waals surface area contributed by atoms with Crippen LogP contribution in [0, 0.1) is 6.92 Å². The SMILES string of the molecule is C=C/C=C\c1nc(C(=O)O)c(=O)[nH]c1C. The van der Waals surface area contributed by atoms with Gasteiger partial charge in [-0.25, -0.2) is 9.78 Å². The maximum Gasteiger partial charge on any atom is 0.360 e. The van der Waals surface area contributed by atoms with Crippen molar-refractivity contribution in [3.05, 3.63) is 46.2 Å². The molecule has 1 rings (SSSR count). The summed E-state index contributed by atoms with van der Waals surface area (Å²) in [5.74, 6) is -1.34. The number of allylic oxidation sites excluding steroid dienone is 2. The summed E-state index contributed by atoms with van der Waals surface area (Å²) >= 11 is 0. The lowest BCUT2D eigenvalue weighted by Crippen LogP contribution is -2.21. The van der Waals surface area contributed by atoms with Crippen molar-refractivity contribution in [3.8, 4) is 0 Å². The molecule has 0 saturated heterocycles. The zero-order valence-corrected chi connectivity index (χ0v) is 8.15. The minimum Gasteiger partial charge on any atom is -0.476 e. The second-order valence-corrected chi connectivity index (χ2v) is 2.82. The van der Waals surface area contributed by atoms with Crippen molar-refractivity contribution in [1.29, 1.82) is 0 Å². The zero-order valence-electron chi connectivity index (χ0n) is 8.15. The number of carboxylic acid groups (broad SMARTS) is 1. The molecule has 0 aromatic carbocycles. The van der Waals surface area contributed by atoms with Crippen LogP contribution >= 0.6 is 0 Å². The average molecular weight is 206 g/mol. The number of nitrogens with zero attached hydrogens (tertiary/aromatic N) is 1. The van der Waals surface area contributed by atoms with Crippen molar-refractivity contribution in [3.63, 3.8) is 0 Å². The first-order valence-corrected chi connectivity index (χ1v) is 4.19. The van der Waals surface area contributed by atoms with E-state index >= 15 is 0 Å². The van der Waals surface area contributed by atoms with Gasteiger partial charge in [0.05, 0.1) is 5.69 Å². The zero-order chi connectivity index (χ0) is 11.4. The second kappa shape index (κ2) is 4.36. The van der Waals surface area contributed by atoms with Crippen molar-refractivity contribution in [2.45, 2.75) is 6.92 Å². The fraction of sp³-hybridized carbons (Fsp3) is 0.100. The lowest BCUT2D eigenvalue weighted by Gasteiger charge is -2.00. The molecular weight excluding hydrogens is 196 g/mol. The molecule has 5 heteroatoms. The van der Waals surface area contributed by atoms with Crippen LogP contribution in [0.5, 0.6) is 0 Å². The Hall–Kier alpha value is -2.17. The maximum absolute atomic E-state index is 11.2. The molecule has 0 aliphatic carbocycles. The number of nitrogens with one attached hydrogen (secondary N) is 1. The molecule has 0 radical (unpaired) electrons. The fourth-order valence-electron chi connectivity index (χ4n) is 1.02. The standard InChI is InChI=1S/C10H10N2O3/c1-3-4-5-7-6(2)11-9(13)8(12-7)10(14)15/h3-5H,1H2,2H3,(H,11,13)(H,14,15)/b5-4-. The molecule has 15 heavy (non-hydrogen) atoms. The van der Waals surface area contributed by atoms with Gasteiger partial charge in [0.1, 0.15) is 0 Å². The highest BCUT2D eigenvalue weighted by Crippen LogP contribution is 2.02. The molecule has 0 bridgehead atoms. The summed E-state index contributed by atoms with van der Waals surface area (Å²) in [5, 5.41) is 8.68. The van der Waals surface area contributed by atoms with Gasteiger partial charge in [-0.05, 0) is 13.0 Å². The Morgan fingerprint density at radius 1 is 1.60 bits per heavy atom. The van der Waals surface area contributed by atoms with E-state index in [-0.39, 0.29) is 0 Å². The van der Waals surface area contributed by atoms with Gasteiger partial charge in [-0.1, -0.05) is 18.7 Å². The van der Waals surface area contributed by atoms with E-state index in [0.717, 1.165) is 0 Å². The van der Waals surface area contributed by atoms with Crippen LogP contribution in [0.3, 0.4) is 0 Å². The van der Waals surface area contributed by atoms with Crippen molar-refractivity contribution < 1.29 is 9.90 Å². The Morgan fingerprint density at radius 3 is 2.80 bits per heavy atom. The molecule has 1 aromatic rings. The van der Waals surface area contributed by atoms with Gasteiger partial charge in [-0.15, -0.1) is 0 Å². The molecule has 2 N–H and O–H groups in total. The monoisotopic (exact) mass is 206 g/mol. The molecule has 0 fully saturated rings. The molecule has 0 saturated carbocycles. The fourth-order valence-corrected chi connectivity index (χ4v) is 1.02. The molecule has 1 heterocycles. The van der Waals surface area contributed by atoms with E-state index in [9.17, 15) is 9.59 Å². The summed E-state index contributed by atoms with van der Waals surface area (Å²) in [7, 11) is 0. The van der Waals surface area contributed by atoms with Crippen molar-refractivity contribution >= 4 is 12.0 Å². The first-order valence-electron chi connectivity index (χ1n) is 4.19. The van der Waals surface area contributed by atoms with E-state index in [1.165, 1.54) is 6.08 Å². The van der Waals surface area contributed by atoms with Gasteiger partial charge in [-0.2, -0.15) is 0 Å². The van der Waals surface area contributed by atoms with Crippen LogP contribution in [-0.4, -0.2) is 21.0 Å². The summed E-state index contributed by atoms with van der Waals surface area (Å²) in [4.78, 5) is 27.9. The predicted molar refractivity (Wildman–Crippen MR) is 55.8 cm³/mol. The smallest absolute Gasteiger partial charge is 0.360 e. The number of H-pyrrole nitrogens is 1. The second-order valence-electron chi connectivity index (χ2n) is 2.82. The maximum atomic E-state index is 11.2. The molecule has 0 aliphatic rings. The Balaban J connectivity index is 3.35.